The van der Waals surface area contributed by atoms with Crippen LogP contribution in [-0.4, -0.2) is 33.3 Å². The summed E-state index contributed by atoms with van der Waals surface area (Å²) < 4.78 is 39.1. The zero-order chi connectivity index (χ0) is 20.2. The quantitative estimate of drug-likeness (QED) is 0.389. The van der Waals surface area contributed by atoms with Gasteiger partial charge in [-0.15, -0.1) is 46.4 Å². The summed E-state index contributed by atoms with van der Waals surface area (Å²) in [5, 5.41) is 0. The minimum Gasteiger partial charge on any atom is -0.403 e. The molecular formula is C14H18Cl4O7P2. The molecule has 2 bridgehead atoms. The molecule has 154 valence electrons. The van der Waals surface area contributed by atoms with Crippen molar-refractivity contribution in [2.75, 3.05) is 23.5 Å². The molecule has 2 N–H and O–H groups in total. The number of benzene rings is 1. The van der Waals surface area contributed by atoms with Gasteiger partial charge in [-0.25, -0.2) is 9.13 Å². The van der Waals surface area contributed by atoms with Crippen LogP contribution in [-0.2, 0) is 39.1 Å². The number of rotatable bonds is 8. The summed E-state index contributed by atoms with van der Waals surface area (Å²) in [6.45, 7) is 0. The van der Waals surface area contributed by atoms with Crippen molar-refractivity contribution in [3.8, 4) is 11.5 Å². The highest BCUT2D eigenvalue weighted by molar-refractivity contribution is 7.61. The summed E-state index contributed by atoms with van der Waals surface area (Å²) in [5.74, 6) is 0.741. The number of phosphoric ester groups is 2. The molecule has 2 rings (SSSR count). The Morgan fingerprint density at radius 3 is 1.33 bits per heavy atom. The summed E-state index contributed by atoms with van der Waals surface area (Å²) in [6.07, 6.45) is 1.09. The highest BCUT2D eigenvalue weighted by Crippen LogP contribution is 2.64. The molecule has 2 unspecified atom stereocenters. The van der Waals surface area contributed by atoms with Crippen LogP contribution in [0, 0.1) is 0 Å². The molecule has 27 heavy (non-hydrogen) atoms. The Kier molecular flexibility index (Phi) is 8.64. The monoisotopic (exact) mass is 500 g/mol. The standard InChI is InChI=1S/C14H18Cl4O7P2/c15-5-1-9-10(2-6-16)13-12(4-8-18)14(11(9)3-7-17)24-27(21,22)25-26(19,20)23-13/h1-8H2,(H,19,20)(H,21,22). The van der Waals surface area contributed by atoms with E-state index in [2.05, 4.69) is 4.31 Å². The van der Waals surface area contributed by atoms with E-state index in [1.54, 1.807) is 0 Å². The van der Waals surface area contributed by atoms with Crippen molar-refractivity contribution in [2.45, 2.75) is 25.7 Å². The number of hydrogen-bond donors (Lipinski definition) is 2. The van der Waals surface area contributed by atoms with Gasteiger partial charge in [0.2, 0.25) is 0 Å². The highest BCUT2D eigenvalue weighted by atomic mass is 35.5. The number of alkyl halides is 4. The molecule has 0 saturated heterocycles. The van der Waals surface area contributed by atoms with E-state index in [1.165, 1.54) is 0 Å². The zero-order valence-electron chi connectivity index (χ0n) is 14.0. The first-order valence-electron chi connectivity index (χ1n) is 7.89. The normalized spacial score (nSPS) is 24.7. The fourth-order valence-corrected chi connectivity index (χ4v) is 5.94. The second-order valence-electron chi connectivity index (χ2n) is 5.53. The fraction of sp³-hybridized carbons (Fsp3) is 0.571. The Morgan fingerprint density at radius 1 is 0.630 bits per heavy atom. The van der Waals surface area contributed by atoms with Crippen LogP contribution < -0.4 is 9.05 Å². The summed E-state index contributed by atoms with van der Waals surface area (Å²) in [5.41, 5.74) is 2.03. The van der Waals surface area contributed by atoms with Gasteiger partial charge in [0, 0.05) is 40.2 Å². The largest absolute Gasteiger partial charge is 0.537 e. The summed E-state index contributed by atoms with van der Waals surface area (Å²) >= 11 is 23.7. The van der Waals surface area contributed by atoms with Crippen molar-refractivity contribution >= 4 is 62.0 Å². The third kappa shape index (κ3) is 5.69. The molecule has 1 heterocycles. The Labute approximate surface area is 177 Å². The van der Waals surface area contributed by atoms with Crippen molar-refractivity contribution < 1.29 is 32.3 Å². The van der Waals surface area contributed by atoms with Crippen molar-refractivity contribution in [1.29, 1.82) is 0 Å². The molecule has 2 atom stereocenters. The van der Waals surface area contributed by atoms with Crippen molar-refractivity contribution in [2.24, 2.45) is 0 Å². The molecule has 0 aromatic heterocycles. The van der Waals surface area contributed by atoms with Gasteiger partial charge < -0.3 is 9.05 Å². The Balaban J connectivity index is 2.92. The Hall–Kier alpha value is 0.320. The van der Waals surface area contributed by atoms with Gasteiger partial charge in [-0.3, -0.25) is 9.79 Å². The summed E-state index contributed by atoms with van der Waals surface area (Å²) in [7, 11) is -9.89. The third-order valence-corrected chi connectivity index (χ3v) is 7.06. The van der Waals surface area contributed by atoms with E-state index in [9.17, 15) is 18.9 Å². The van der Waals surface area contributed by atoms with E-state index in [0.717, 1.165) is 0 Å². The lowest BCUT2D eigenvalue weighted by Crippen LogP contribution is -2.16. The SMILES string of the molecule is O=P1(O)Oc2c(CCCl)c(CCCl)c(CCCl)c(c2CCCl)OP(=O)(O)O1. The van der Waals surface area contributed by atoms with Crippen LogP contribution >= 0.6 is 62.0 Å². The molecule has 1 aliphatic rings. The lowest BCUT2D eigenvalue weighted by molar-refractivity contribution is 0.226. The second-order valence-corrected chi connectivity index (χ2v) is 9.93. The van der Waals surface area contributed by atoms with E-state index in [0.29, 0.717) is 36.0 Å². The topological polar surface area (TPSA) is 102 Å². The summed E-state index contributed by atoms with van der Waals surface area (Å²) in [6, 6.07) is 0. The molecule has 0 spiro atoms. The molecule has 1 aromatic carbocycles. The van der Waals surface area contributed by atoms with Gasteiger partial charge in [0.1, 0.15) is 11.5 Å². The minimum atomic E-state index is -4.95. The Morgan fingerprint density at radius 2 is 0.963 bits per heavy atom. The second kappa shape index (κ2) is 9.88. The van der Waals surface area contributed by atoms with Gasteiger partial charge >= 0.3 is 15.6 Å². The van der Waals surface area contributed by atoms with Crippen LogP contribution in [0.2, 0.25) is 0 Å². The number of hydrogen-bond acceptors (Lipinski definition) is 5. The van der Waals surface area contributed by atoms with E-state index in [1.807, 2.05) is 0 Å². The lowest BCUT2D eigenvalue weighted by atomic mass is 9.89. The van der Waals surface area contributed by atoms with Crippen LogP contribution in [0.15, 0.2) is 0 Å². The van der Waals surface area contributed by atoms with Gasteiger partial charge in [-0.05, 0) is 31.2 Å². The first kappa shape index (κ1) is 23.6. The summed E-state index contributed by atoms with van der Waals surface area (Å²) in [4.78, 5) is 19.8. The fourth-order valence-electron chi connectivity index (χ4n) is 2.97. The van der Waals surface area contributed by atoms with Crippen LogP contribution in [0.1, 0.15) is 22.3 Å². The van der Waals surface area contributed by atoms with Gasteiger partial charge in [0.25, 0.3) is 0 Å². The Bertz CT molecular complexity index is 734. The van der Waals surface area contributed by atoms with Gasteiger partial charge in [0.05, 0.1) is 0 Å². The van der Waals surface area contributed by atoms with Gasteiger partial charge in [-0.2, -0.15) is 4.31 Å². The molecule has 13 heteroatoms. The predicted molar refractivity (Wildman–Crippen MR) is 106 cm³/mol. The van der Waals surface area contributed by atoms with Gasteiger partial charge in [0.15, 0.2) is 0 Å². The van der Waals surface area contributed by atoms with Crippen LogP contribution in [0.3, 0.4) is 0 Å². The van der Waals surface area contributed by atoms with Crippen molar-refractivity contribution in [1.82, 2.24) is 0 Å². The van der Waals surface area contributed by atoms with Crippen LogP contribution in [0.4, 0.5) is 0 Å². The average molecular weight is 502 g/mol. The van der Waals surface area contributed by atoms with E-state index in [-0.39, 0.29) is 47.0 Å². The first-order chi connectivity index (χ1) is 12.7. The first-order valence-corrected chi connectivity index (χ1v) is 13.0. The van der Waals surface area contributed by atoms with E-state index >= 15 is 0 Å². The van der Waals surface area contributed by atoms with Crippen molar-refractivity contribution in [3.63, 3.8) is 0 Å². The van der Waals surface area contributed by atoms with E-state index < -0.39 is 15.6 Å². The number of fused-ring (bicyclic) bond motifs is 2. The maximum atomic E-state index is 12.2. The molecular weight excluding hydrogens is 484 g/mol. The molecule has 0 saturated carbocycles. The van der Waals surface area contributed by atoms with Crippen molar-refractivity contribution in [3.05, 3.63) is 22.3 Å². The lowest BCUT2D eigenvalue weighted by Gasteiger charge is -2.30. The van der Waals surface area contributed by atoms with E-state index in [4.69, 9.17) is 55.5 Å². The molecule has 1 aromatic rings. The third-order valence-electron chi connectivity index (χ3n) is 3.82. The van der Waals surface area contributed by atoms with Crippen LogP contribution in [0.5, 0.6) is 11.5 Å². The predicted octanol–water partition coefficient (Wildman–Crippen LogP) is 4.80. The molecule has 0 aliphatic carbocycles. The number of halogens is 4. The average Bonchev–Trinajstić information content (AvgIpc) is 2.55. The molecule has 0 fully saturated rings. The number of phosphoric acid groups is 2. The highest BCUT2D eigenvalue weighted by Gasteiger charge is 2.43. The smallest absolute Gasteiger partial charge is 0.403 e. The molecule has 7 nitrogen and oxygen atoms in total. The maximum absolute atomic E-state index is 12.2. The molecule has 0 radical (unpaired) electrons. The van der Waals surface area contributed by atoms with Crippen LogP contribution in [0.25, 0.3) is 0 Å². The minimum absolute atomic E-state index is 0.00951. The molecule has 1 aliphatic heterocycles. The zero-order valence-corrected chi connectivity index (χ0v) is 18.8. The molecule has 0 amide bonds. The maximum Gasteiger partial charge on any atom is 0.537 e. The van der Waals surface area contributed by atoms with Gasteiger partial charge in [-0.1, -0.05) is 0 Å².